The quantitative estimate of drug-likeness (QED) is 0.430. The lowest BCUT2D eigenvalue weighted by atomic mass is 9.86. The fourth-order valence-electron chi connectivity index (χ4n) is 4.23. The summed E-state index contributed by atoms with van der Waals surface area (Å²) in [5.74, 6) is 0.489. The van der Waals surface area contributed by atoms with Gasteiger partial charge in [-0.05, 0) is 49.1 Å². The van der Waals surface area contributed by atoms with Gasteiger partial charge in [0.2, 0.25) is 5.91 Å². The Hall–Kier alpha value is -3.94. The Kier molecular flexibility index (Phi) is 5.18. The number of H-pyrrole nitrogens is 1. The Balaban J connectivity index is 1.47. The summed E-state index contributed by atoms with van der Waals surface area (Å²) in [6, 6.07) is 13.7. The van der Waals surface area contributed by atoms with Crippen LogP contribution in [0.3, 0.4) is 0 Å². The summed E-state index contributed by atoms with van der Waals surface area (Å²) in [6.07, 6.45) is 3.50. The molecule has 1 aliphatic rings. The number of rotatable bonds is 5. The summed E-state index contributed by atoms with van der Waals surface area (Å²) in [5.41, 5.74) is 4.01. The molecule has 0 spiro atoms. The molecule has 0 radical (unpaired) electrons. The molecular formula is C24H22FN5O2. The van der Waals surface area contributed by atoms with Crippen molar-refractivity contribution in [2.45, 2.75) is 19.3 Å². The second-order valence-electron chi connectivity index (χ2n) is 7.79. The van der Waals surface area contributed by atoms with Crippen molar-refractivity contribution in [2.24, 2.45) is 5.92 Å². The maximum atomic E-state index is 13.9. The first-order valence-electron chi connectivity index (χ1n) is 10.4. The van der Waals surface area contributed by atoms with Gasteiger partial charge < -0.3 is 20.4 Å². The summed E-state index contributed by atoms with van der Waals surface area (Å²) < 4.78 is 19.2. The van der Waals surface area contributed by atoms with Crippen LogP contribution in [0.2, 0.25) is 0 Å². The number of halogens is 1. The number of hydrogen-bond donors (Lipinski definition) is 3. The largest absolute Gasteiger partial charge is 0.495 e. The minimum Gasteiger partial charge on any atom is -0.495 e. The molecule has 2 aromatic carbocycles. The van der Waals surface area contributed by atoms with Crippen molar-refractivity contribution in [2.75, 3.05) is 17.7 Å². The normalized spacial score (nSPS) is 15.2. The molecule has 1 unspecified atom stereocenters. The Bertz CT molecular complexity index is 1290. The smallest absolute Gasteiger partial charge is 0.227 e. The molecule has 0 saturated carbocycles. The molecule has 0 saturated heterocycles. The van der Waals surface area contributed by atoms with Gasteiger partial charge in [-0.3, -0.25) is 4.79 Å². The Morgan fingerprint density at radius 2 is 2.03 bits per heavy atom. The van der Waals surface area contributed by atoms with Crippen LogP contribution in [-0.4, -0.2) is 28.0 Å². The molecule has 7 nitrogen and oxygen atoms in total. The fourth-order valence-corrected chi connectivity index (χ4v) is 4.23. The number of aryl methyl sites for hydroxylation is 1. The third kappa shape index (κ3) is 3.75. The van der Waals surface area contributed by atoms with Crippen molar-refractivity contribution in [3.8, 4) is 5.75 Å². The highest BCUT2D eigenvalue weighted by Gasteiger charge is 2.29. The number of aromatic nitrogens is 3. The fraction of sp³-hybridized carbons (Fsp3) is 0.208. The van der Waals surface area contributed by atoms with Crippen LogP contribution in [0.15, 0.2) is 54.9 Å². The van der Waals surface area contributed by atoms with Gasteiger partial charge in [-0.15, -0.1) is 0 Å². The molecule has 3 N–H and O–H groups in total. The molecule has 0 bridgehead atoms. The van der Waals surface area contributed by atoms with E-state index in [1.165, 1.54) is 25.6 Å². The molecule has 162 valence electrons. The SMILES string of the molecule is COc1ccc(F)cc1Nc1ncnc2[nH]c3c(c12)CC(C(=O)Nc1ccccc1)CC3. The summed E-state index contributed by atoms with van der Waals surface area (Å²) in [5, 5.41) is 7.01. The number of amides is 1. The third-order valence-corrected chi connectivity index (χ3v) is 5.80. The van der Waals surface area contributed by atoms with Crippen LogP contribution >= 0.6 is 0 Å². The molecule has 1 aliphatic carbocycles. The monoisotopic (exact) mass is 431 g/mol. The van der Waals surface area contributed by atoms with E-state index in [4.69, 9.17) is 4.74 Å². The number of ether oxygens (including phenoxy) is 1. The van der Waals surface area contributed by atoms with Gasteiger partial charge in [0.05, 0.1) is 18.2 Å². The van der Waals surface area contributed by atoms with Crippen LogP contribution in [0.4, 0.5) is 21.6 Å². The molecule has 5 rings (SSSR count). The van der Waals surface area contributed by atoms with Gasteiger partial charge in [0.15, 0.2) is 0 Å². The summed E-state index contributed by atoms with van der Waals surface area (Å²) in [7, 11) is 1.53. The standard InChI is InChI=1S/C24H22FN5O2/c1-32-20-10-8-15(25)12-19(20)30-23-21-17-11-14(24(31)28-16-5-3-2-4-6-16)7-9-18(17)29-22(21)26-13-27-23/h2-6,8,10,12-14H,7,9,11H2,1H3,(H,28,31)(H2,26,27,29,30). The van der Waals surface area contributed by atoms with Crippen molar-refractivity contribution < 1.29 is 13.9 Å². The predicted octanol–water partition coefficient (Wildman–Crippen LogP) is 4.59. The van der Waals surface area contributed by atoms with Crippen LogP contribution in [0.25, 0.3) is 11.0 Å². The number of nitrogens with zero attached hydrogens (tertiary/aromatic N) is 2. The highest BCUT2D eigenvalue weighted by Crippen LogP contribution is 2.37. The minimum absolute atomic E-state index is 0.00522. The second kappa shape index (κ2) is 8.30. The molecule has 1 atom stereocenters. The van der Waals surface area contributed by atoms with Crippen molar-refractivity contribution in [3.05, 3.63) is 71.9 Å². The topological polar surface area (TPSA) is 91.9 Å². The molecule has 32 heavy (non-hydrogen) atoms. The molecule has 1 amide bonds. The molecule has 0 aliphatic heterocycles. The maximum Gasteiger partial charge on any atom is 0.227 e. The summed E-state index contributed by atoms with van der Waals surface area (Å²) in [6.45, 7) is 0. The van der Waals surface area contributed by atoms with Crippen molar-refractivity contribution in [1.82, 2.24) is 15.0 Å². The van der Waals surface area contributed by atoms with E-state index in [-0.39, 0.29) is 17.6 Å². The van der Waals surface area contributed by atoms with Gasteiger partial charge in [0, 0.05) is 23.4 Å². The molecule has 4 aromatic rings. The van der Waals surface area contributed by atoms with Gasteiger partial charge in [0.25, 0.3) is 0 Å². The maximum absolute atomic E-state index is 13.9. The molecule has 2 heterocycles. The number of carbonyl (C=O) groups excluding carboxylic acids is 1. The Morgan fingerprint density at radius 1 is 1.19 bits per heavy atom. The zero-order valence-corrected chi connectivity index (χ0v) is 17.5. The lowest BCUT2D eigenvalue weighted by Crippen LogP contribution is -2.28. The number of benzene rings is 2. The van der Waals surface area contributed by atoms with E-state index in [9.17, 15) is 9.18 Å². The first-order chi connectivity index (χ1) is 15.6. The molecular weight excluding hydrogens is 409 g/mol. The average molecular weight is 431 g/mol. The number of hydrogen-bond acceptors (Lipinski definition) is 5. The van der Waals surface area contributed by atoms with Crippen molar-refractivity contribution >= 4 is 34.1 Å². The summed E-state index contributed by atoms with van der Waals surface area (Å²) in [4.78, 5) is 25.0. The van der Waals surface area contributed by atoms with Crippen molar-refractivity contribution in [1.29, 1.82) is 0 Å². The lowest BCUT2D eigenvalue weighted by Gasteiger charge is -2.22. The van der Waals surface area contributed by atoms with Gasteiger partial charge in [-0.25, -0.2) is 14.4 Å². The Labute approximate surface area is 184 Å². The highest BCUT2D eigenvalue weighted by molar-refractivity contribution is 5.96. The van der Waals surface area contributed by atoms with E-state index in [1.807, 2.05) is 30.3 Å². The first kappa shape index (κ1) is 20.0. The third-order valence-electron chi connectivity index (χ3n) is 5.80. The van der Waals surface area contributed by atoms with Crippen LogP contribution in [0.1, 0.15) is 17.7 Å². The minimum atomic E-state index is -0.382. The van der Waals surface area contributed by atoms with Crippen LogP contribution in [0, 0.1) is 11.7 Å². The summed E-state index contributed by atoms with van der Waals surface area (Å²) >= 11 is 0. The van der Waals surface area contributed by atoms with Crippen LogP contribution in [-0.2, 0) is 17.6 Å². The number of nitrogens with one attached hydrogen (secondary N) is 3. The molecule has 0 fully saturated rings. The molecule has 2 aromatic heterocycles. The zero-order chi connectivity index (χ0) is 22.1. The number of para-hydroxylation sites is 1. The van der Waals surface area contributed by atoms with Gasteiger partial charge >= 0.3 is 0 Å². The average Bonchev–Trinajstić information content (AvgIpc) is 3.19. The number of aromatic amines is 1. The lowest BCUT2D eigenvalue weighted by molar-refractivity contribution is -0.120. The van der Waals surface area contributed by atoms with Crippen molar-refractivity contribution in [3.63, 3.8) is 0 Å². The number of carbonyl (C=O) groups is 1. The molecule has 8 heteroatoms. The number of anilines is 3. The van der Waals surface area contributed by atoms with Gasteiger partial charge in [0.1, 0.15) is 29.4 Å². The van der Waals surface area contributed by atoms with E-state index < -0.39 is 0 Å². The van der Waals surface area contributed by atoms with Gasteiger partial charge in [-0.2, -0.15) is 0 Å². The predicted molar refractivity (Wildman–Crippen MR) is 121 cm³/mol. The second-order valence-corrected chi connectivity index (χ2v) is 7.79. The van der Waals surface area contributed by atoms with Crippen LogP contribution < -0.4 is 15.4 Å². The van der Waals surface area contributed by atoms with Gasteiger partial charge in [-0.1, -0.05) is 18.2 Å². The van der Waals surface area contributed by atoms with E-state index in [0.29, 0.717) is 29.3 Å². The first-order valence-corrected chi connectivity index (χ1v) is 10.4. The zero-order valence-electron chi connectivity index (χ0n) is 17.5. The van der Waals surface area contributed by atoms with E-state index in [0.717, 1.165) is 35.2 Å². The van der Waals surface area contributed by atoms with Crippen LogP contribution in [0.5, 0.6) is 5.75 Å². The van der Waals surface area contributed by atoms with E-state index in [2.05, 4.69) is 25.6 Å². The number of fused-ring (bicyclic) bond motifs is 3. The Morgan fingerprint density at radius 3 is 2.84 bits per heavy atom. The number of methoxy groups -OCH3 is 1. The van der Waals surface area contributed by atoms with E-state index in [1.54, 1.807) is 6.07 Å². The highest BCUT2D eigenvalue weighted by atomic mass is 19.1. The van der Waals surface area contributed by atoms with E-state index >= 15 is 0 Å².